The Morgan fingerprint density at radius 2 is 2.15 bits per heavy atom. The molecule has 0 aromatic heterocycles. The third-order valence-electron chi connectivity index (χ3n) is 1.84. The molecule has 0 unspecified atom stereocenters. The number of phenolic OH excluding ortho intramolecular Hbond substituents is 1. The van der Waals surface area contributed by atoms with E-state index in [2.05, 4.69) is 4.84 Å². The topological polar surface area (TPSA) is 64.7 Å². The van der Waals surface area contributed by atoms with Crippen molar-refractivity contribution in [1.29, 1.82) is 0 Å². The van der Waals surface area contributed by atoms with Crippen molar-refractivity contribution >= 4 is 0 Å². The average Bonchev–Trinajstić information content (AvgIpc) is 2.11. The van der Waals surface area contributed by atoms with E-state index in [9.17, 15) is 5.11 Å². The smallest absolute Gasteiger partial charge is 0.124 e. The predicted molar refractivity (Wildman–Crippen MR) is 48.4 cm³/mol. The molecule has 0 saturated heterocycles. The molecule has 0 aliphatic rings. The molecule has 0 fully saturated rings. The Hall–Kier alpha value is -1.26. The minimum absolute atomic E-state index is 0.216. The van der Waals surface area contributed by atoms with Gasteiger partial charge in [-0.05, 0) is 24.6 Å². The first-order valence-corrected chi connectivity index (χ1v) is 3.87. The van der Waals surface area contributed by atoms with E-state index in [1.54, 1.807) is 26.2 Å². The van der Waals surface area contributed by atoms with E-state index < -0.39 is 0 Å². The fraction of sp³-hybridized carbons (Fsp3) is 0.333. The maximum atomic E-state index is 9.39. The van der Waals surface area contributed by atoms with Gasteiger partial charge in [-0.1, -0.05) is 0 Å². The second-order valence-electron chi connectivity index (χ2n) is 2.76. The number of rotatable bonds is 3. The van der Waals surface area contributed by atoms with Gasteiger partial charge in [-0.3, -0.25) is 4.84 Å². The van der Waals surface area contributed by atoms with Gasteiger partial charge >= 0.3 is 0 Å². The number of aromatic hydroxyl groups is 1. The molecule has 0 aliphatic heterocycles. The van der Waals surface area contributed by atoms with Gasteiger partial charge in [0, 0.05) is 5.56 Å². The van der Waals surface area contributed by atoms with Crippen LogP contribution < -0.4 is 10.6 Å². The van der Waals surface area contributed by atoms with Gasteiger partial charge in [-0.2, -0.15) is 0 Å². The van der Waals surface area contributed by atoms with Gasteiger partial charge in [0.1, 0.15) is 11.5 Å². The zero-order valence-corrected chi connectivity index (χ0v) is 7.70. The van der Waals surface area contributed by atoms with Crippen molar-refractivity contribution in [2.75, 3.05) is 7.11 Å². The number of phenols is 1. The van der Waals surface area contributed by atoms with Crippen LogP contribution in [0.25, 0.3) is 0 Å². The second-order valence-corrected chi connectivity index (χ2v) is 2.76. The lowest BCUT2D eigenvalue weighted by Crippen LogP contribution is -2.01. The Morgan fingerprint density at radius 3 is 2.69 bits per heavy atom. The largest absolute Gasteiger partial charge is 0.508 e. The Balaban J connectivity index is 3.09. The predicted octanol–water partition coefficient (Wildman–Crippen LogP) is 1.10. The summed E-state index contributed by atoms with van der Waals surface area (Å²) in [6.45, 7) is 2.02. The zero-order valence-electron chi connectivity index (χ0n) is 7.70. The maximum Gasteiger partial charge on any atom is 0.124 e. The number of hydrogen-bond acceptors (Lipinski definition) is 4. The lowest BCUT2D eigenvalue weighted by Gasteiger charge is -2.09. The summed E-state index contributed by atoms with van der Waals surface area (Å²) in [5.74, 6) is 5.82. The molecule has 13 heavy (non-hydrogen) atoms. The molecule has 72 valence electrons. The van der Waals surface area contributed by atoms with Crippen molar-refractivity contribution in [2.24, 2.45) is 5.90 Å². The lowest BCUT2D eigenvalue weighted by molar-refractivity contribution is 0.122. The van der Waals surface area contributed by atoms with E-state index in [-0.39, 0.29) is 12.4 Å². The number of nitrogens with two attached hydrogens (primary N) is 1. The van der Waals surface area contributed by atoms with Crippen LogP contribution >= 0.6 is 0 Å². The SMILES string of the molecule is COc1cc(C)c(O)cc1CON. The Kier molecular flexibility index (Phi) is 3.11. The second kappa shape index (κ2) is 4.11. The molecule has 0 saturated carbocycles. The number of methoxy groups -OCH3 is 1. The van der Waals surface area contributed by atoms with Crippen molar-refractivity contribution in [2.45, 2.75) is 13.5 Å². The van der Waals surface area contributed by atoms with E-state index in [0.29, 0.717) is 5.75 Å². The van der Waals surface area contributed by atoms with E-state index in [4.69, 9.17) is 10.6 Å². The van der Waals surface area contributed by atoms with Gasteiger partial charge in [-0.15, -0.1) is 0 Å². The minimum Gasteiger partial charge on any atom is -0.508 e. The monoisotopic (exact) mass is 183 g/mol. The highest BCUT2D eigenvalue weighted by atomic mass is 16.6. The molecule has 4 nitrogen and oxygen atoms in total. The highest BCUT2D eigenvalue weighted by Crippen LogP contribution is 2.27. The third kappa shape index (κ3) is 2.11. The van der Waals surface area contributed by atoms with Crippen LogP contribution in [0.3, 0.4) is 0 Å². The highest BCUT2D eigenvalue weighted by Gasteiger charge is 2.06. The van der Waals surface area contributed by atoms with Crippen LogP contribution in [0, 0.1) is 6.92 Å². The van der Waals surface area contributed by atoms with Crippen molar-refractivity contribution in [3.63, 3.8) is 0 Å². The van der Waals surface area contributed by atoms with E-state index >= 15 is 0 Å². The molecular formula is C9H13NO3. The fourth-order valence-electron chi connectivity index (χ4n) is 1.11. The Bertz CT molecular complexity index is 299. The minimum atomic E-state index is 0.216. The van der Waals surface area contributed by atoms with Gasteiger partial charge in [-0.25, -0.2) is 5.90 Å². The highest BCUT2D eigenvalue weighted by molar-refractivity contribution is 5.44. The molecule has 0 heterocycles. The molecule has 0 aliphatic carbocycles. The van der Waals surface area contributed by atoms with Gasteiger partial charge in [0.2, 0.25) is 0 Å². The van der Waals surface area contributed by atoms with Crippen LogP contribution in [0.2, 0.25) is 0 Å². The summed E-state index contributed by atoms with van der Waals surface area (Å²) in [7, 11) is 1.56. The zero-order chi connectivity index (χ0) is 9.84. The van der Waals surface area contributed by atoms with Gasteiger partial charge in [0.25, 0.3) is 0 Å². The van der Waals surface area contributed by atoms with Crippen LogP contribution in [-0.4, -0.2) is 12.2 Å². The van der Waals surface area contributed by atoms with Gasteiger partial charge < -0.3 is 9.84 Å². The summed E-state index contributed by atoms with van der Waals surface area (Å²) in [5, 5.41) is 9.39. The lowest BCUT2D eigenvalue weighted by atomic mass is 10.1. The first kappa shape index (κ1) is 9.83. The fourth-order valence-corrected chi connectivity index (χ4v) is 1.11. The summed E-state index contributed by atoms with van der Waals surface area (Å²) in [4.78, 5) is 4.47. The van der Waals surface area contributed by atoms with Crippen LogP contribution in [0.15, 0.2) is 12.1 Å². The maximum absolute atomic E-state index is 9.39. The molecule has 0 atom stereocenters. The number of ether oxygens (including phenoxy) is 1. The molecule has 1 aromatic rings. The van der Waals surface area contributed by atoms with Crippen LogP contribution in [-0.2, 0) is 11.4 Å². The molecule has 1 rings (SSSR count). The van der Waals surface area contributed by atoms with Gasteiger partial charge in [0.05, 0.1) is 13.7 Å². The molecule has 3 N–H and O–H groups in total. The molecule has 0 bridgehead atoms. The average molecular weight is 183 g/mol. The van der Waals surface area contributed by atoms with Crippen LogP contribution in [0.1, 0.15) is 11.1 Å². The van der Waals surface area contributed by atoms with Crippen LogP contribution in [0.5, 0.6) is 11.5 Å². The summed E-state index contributed by atoms with van der Waals surface area (Å²) in [6.07, 6.45) is 0. The Labute approximate surface area is 76.8 Å². The molecule has 4 heteroatoms. The van der Waals surface area contributed by atoms with Crippen LogP contribution in [0.4, 0.5) is 0 Å². The Morgan fingerprint density at radius 1 is 1.46 bits per heavy atom. The first-order valence-electron chi connectivity index (χ1n) is 3.87. The van der Waals surface area contributed by atoms with Gasteiger partial charge in [0.15, 0.2) is 0 Å². The normalized spacial score (nSPS) is 10.1. The van der Waals surface area contributed by atoms with E-state index in [1.807, 2.05) is 0 Å². The molecule has 0 spiro atoms. The summed E-state index contributed by atoms with van der Waals surface area (Å²) >= 11 is 0. The van der Waals surface area contributed by atoms with Crippen molar-refractivity contribution in [3.05, 3.63) is 23.3 Å². The van der Waals surface area contributed by atoms with E-state index in [0.717, 1.165) is 11.1 Å². The van der Waals surface area contributed by atoms with Crippen molar-refractivity contribution < 1.29 is 14.7 Å². The number of hydrogen-bond donors (Lipinski definition) is 2. The molecule has 0 amide bonds. The van der Waals surface area contributed by atoms with E-state index in [1.165, 1.54) is 0 Å². The quantitative estimate of drug-likeness (QED) is 0.689. The third-order valence-corrected chi connectivity index (χ3v) is 1.84. The number of benzene rings is 1. The molecule has 0 radical (unpaired) electrons. The summed E-state index contributed by atoms with van der Waals surface area (Å²) < 4.78 is 5.09. The molecular weight excluding hydrogens is 170 g/mol. The summed E-state index contributed by atoms with van der Waals surface area (Å²) in [6, 6.07) is 3.32. The standard InChI is InChI=1S/C9H13NO3/c1-6-3-9(12-2)7(5-13-10)4-8(6)11/h3-4,11H,5,10H2,1-2H3. The first-order chi connectivity index (χ1) is 6.19. The van der Waals surface area contributed by atoms with Crippen molar-refractivity contribution in [3.8, 4) is 11.5 Å². The summed E-state index contributed by atoms with van der Waals surface area (Å²) in [5.41, 5.74) is 1.49. The van der Waals surface area contributed by atoms with Crippen molar-refractivity contribution in [1.82, 2.24) is 0 Å². The molecule has 1 aromatic carbocycles. The number of aryl methyl sites for hydroxylation is 1.